The summed E-state index contributed by atoms with van der Waals surface area (Å²) >= 11 is 11.7. The van der Waals surface area contributed by atoms with Gasteiger partial charge >= 0.3 is 0 Å². The van der Waals surface area contributed by atoms with Crippen LogP contribution in [0.4, 0.5) is 4.39 Å². The van der Waals surface area contributed by atoms with Crippen molar-refractivity contribution in [3.8, 4) is 0 Å². The maximum absolute atomic E-state index is 13.6. The molecule has 0 aliphatic carbocycles. The zero-order valence-electron chi connectivity index (χ0n) is 11.0. The molecule has 0 aliphatic heterocycles. The molecule has 0 heterocycles. The number of hydrogen-bond donors (Lipinski definition) is 1. The molecule has 1 N–H and O–H groups in total. The summed E-state index contributed by atoms with van der Waals surface area (Å²) in [6.07, 6.45) is 0. The molecule has 0 spiro atoms. The second-order valence-corrected chi connectivity index (χ2v) is 6.94. The van der Waals surface area contributed by atoms with Gasteiger partial charge in [0, 0.05) is 6.04 Å². The van der Waals surface area contributed by atoms with E-state index in [4.69, 9.17) is 23.2 Å². The van der Waals surface area contributed by atoms with E-state index in [1.54, 1.807) is 25.1 Å². The van der Waals surface area contributed by atoms with Gasteiger partial charge in [0.25, 0.3) is 0 Å². The molecular formula is C14H12Cl2FNO2S. The number of sulfonamides is 1. The fourth-order valence-corrected chi connectivity index (χ4v) is 3.43. The lowest BCUT2D eigenvalue weighted by molar-refractivity contribution is 0.547. The summed E-state index contributed by atoms with van der Waals surface area (Å²) in [5.74, 6) is -0.800. The molecule has 2 rings (SSSR count). The van der Waals surface area contributed by atoms with Crippen molar-refractivity contribution in [1.82, 2.24) is 4.72 Å². The van der Waals surface area contributed by atoms with Gasteiger partial charge in [-0.25, -0.2) is 17.5 Å². The monoisotopic (exact) mass is 347 g/mol. The minimum Gasteiger partial charge on any atom is -0.207 e. The Morgan fingerprint density at radius 1 is 1.10 bits per heavy atom. The van der Waals surface area contributed by atoms with Crippen molar-refractivity contribution < 1.29 is 12.8 Å². The molecule has 0 bridgehead atoms. The van der Waals surface area contributed by atoms with E-state index < -0.39 is 26.8 Å². The standard InChI is InChI=1S/C14H12Cl2FNO2S/c1-9(10-6-7-11(15)12(16)8-10)18-21(19,20)14-5-3-2-4-13(14)17/h2-9,18H,1H3. The highest BCUT2D eigenvalue weighted by atomic mass is 35.5. The minimum absolute atomic E-state index is 0.325. The molecule has 0 saturated carbocycles. The largest absolute Gasteiger partial charge is 0.244 e. The van der Waals surface area contributed by atoms with Gasteiger partial charge in [0.15, 0.2) is 0 Å². The zero-order chi connectivity index (χ0) is 15.6. The van der Waals surface area contributed by atoms with Gasteiger partial charge in [-0.05, 0) is 36.8 Å². The Kier molecular flexibility index (Phi) is 4.88. The maximum atomic E-state index is 13.6. The van der Waals surface area contributed by atoms with E-state index in [0.717, 1.165) is 6.07 Å². The number of halogens is 3. The van der Waals surface area contributed by atoms with E-state index in [1.165, 1.54) is 18.2 Å². The lowest BCUT2D eigenvalue weighted by Gasteiger charge is -2.15. The Balaban J connectivity index is 2.28. The van der Waals surface area contributed by atoms with Crippen LogP contribution in [0.3, 0.4) is 0 Å². The molecule has 0 aliphatic rings. The van der Waals surface area contributed by atoms with E-state index in [-0.39, 0.29) is 0 Å². The highest BCUT2D eigenvalue weighted by molar-refractivity contribution is 7.89. The first-order valence-electron chi connectivity index (χ1n) is 6.03. The quantitative estimate of drug-likeness (QED) is 0.901. The predicted molar refractivity (Wildman–Crippen MR) is 81.6 cm³/mol. The smallest absolute Gasteiger partial charge is 0.207 e. The predicted octanol–water partition coefficient (Wildman–Crippen LogP) is 4.17. The Labute approximate surface area is 132 Å². The van der Waals surface area contributed by atoms with E-state index in [2.05, 4.69) is 4.72 Å². The molecule has 21 heavy (non-hydrogen) atoms. The van der Waals surface area contributed by atoms with Crippen LogP contribution in [0.1, 0.15) is 18.5 Å². The van der Waals surface area contributed by atoms with Crippen LogP contribution in [-0.4, -0.2) is 8.42 Å². The highest BCUT2D eigenvalue weighted by Crippen LogP contribution is 2.26. The summed E-state index contributed by atoms with van der Waals surface area (Å²) in [7, 11) is -3.96. The van der Waals surface area contributed by atoms with Crippen LogP contribution in [0.25, 0.3) is 0 Å². The van der Waals surface area contributed by atoms with Gasteiger partial charge in [0.1, 0.15) is 10.7 Å². The van der Waals surface area contributed by atoms with Crippen molar-refractivity contribution >= 4 is 33.2 Å². The van der Waals surface area contributed by atoms with Crippen LogP contribution < -0.4 is 4.72 Å². The molecule has 0 aromatic heterocycles. The number of benzene rings is 2. The van der Waals surface area contributed by atoms with Crippen LogP contribution >= 0.6 is 23.2 Å². The summed E-state index contributed by atoms with van der Waals surface area (Å²) in [6, 6.07) is 9.41. The molecule has 3 nitrogen and oxygen atoms in total. The molecule has 0 fully saturated rings. The highest BCUT2D eigenvalue weighted by Gasteiger charge is 2.21. The average Bonchev–Trinajstić information content (AvgIpc) is 2.41. The number of hydrogen-bond acceptors (Lipinski definition) is 2. The summed E-state index contributed by atoms with van der Waals surface area (Å²) in [5, 5.41) is 0.704. The first kappa shape index (κ1) is 16.2. The molecule has 1 atom stereocenters. The van der Waals surface area contributed by atoms with Crippen molar-refractivity contribution in [3.63, 3.8) is 0 Å². The Morgan fingerprint density at radius 3 is 2.38 bits per heavy atom. The summed E-state index contributed by atoms with van der Waals surface area (Å²) < 4.78 is 40.4. The fraction of sp³-hybridized carbons (Fsp3) is 0.143. The van der Waals surface area contributed by atoms with Gasteiger partial charge in [-0.2, -0.15) is 0 Å². The lowest BCUT2D eigenvalue weighted by Crippen LogP contribution is -2.27. The minimum atomic E-state index is -3.96. The average molecular weight is 348 g/mol. The van der Waals surface area contributed by atoms with Crippen molar-refractivity contribution in [2.24, 2.45) is 0 Å². The first-order valence-corrected chi connectivity index (χ1v) is 8.27. The topological polar surface area (TPSA) is 46.2 Å². The Hall–Kier alpha value is -1.14. The van der Waals surface area contributed by atoms with Crippen molar-refractivity contribution in [3.05, 3.63) is 63.9 Å². The second kappa shape index (κ2) is 6.32. The van der Waals surface area contributed by atoms with Crippen LogP contribution in [-0.2, 0) is 10.0 Å². The molecular weight excluding hydrogens is 336 g/mol. The molecule has 7 heteroatoms. The lowest BCUT2D eigenvalue weighted by atomic mass is 10.1. The second-order valence-electron chi connectivity index (χ2n) is 4.45. The molecule has 1 unspecified atom stereocenters. The third-order valence-electron chi connectivity index (χ3n) is 2.90. The summed E-state index contributed by atoms with van der Waals surface area (Å²) in [5.41, 5.74) is 0.629. The normalized spacial score (nSPS) is 13.1. The van der Waals surface area contributed by atoms with Gasteiger partial charge < -0.3 is 0 Å². The van der Waals surface area contributed by atoms with Gasteiger partial charge in [0.05, 0.1) is 10.0 Å². The van der Waals surface area contributed by atoms with Crippen LogP contribution in [0.2, 0.25) is 10.0 Å². The van der Waals surface area contributed by atoms with Crippen LogP contribution in [0.5, 0.6) is 0 Å². The summed E-state index contributed by atoms with van der Waals surface area (Å²) in [6.45, 7) is 1.64. The summed E-state index contributed by atoms with van der Waals surface area (Å²) in [4.78, 5) is -0.392. The van der Waals surface area contributed by atoms with E-state index in [0.29, 0.717) is 15.6 Å². The van der Waals surface area contributed by atoms with Crippen molar-refractivity contribution in [2.45, 2.75) is 17.9 Å². The van der Waals surface area contributed by atoms with E-state index >= 15 is 0 Å². The fourth-order valence-electron chi connectivity index (χ4n) is 1.81. The Morgan fingerprint density at radius 2 is 1.76 bits per heavy atom. The van der Waals surface area contributed by atoms with E-state index in [9.17, 15) is 12.8 Å². The molecule has 0 radical (unpaired) electrons. The number of nitrogens with one attached hydrogen (secondary N) is 1. The van der Waals surface area contributed by atoms with Gasteiger partial charge in [-0.1, -0.05) is 41.4 Å². The maximum Gasteiger partial charge on any atom is 0.244 e. The molecule has 0 amide bonds. The Bertz CT molecular complexity index is 765. The third kappa shape index (κ3) is 3.74. The number of rotatable bonds is 4. The van der Waals surface area contributed by atoms with Gasteiger partial charge in [-0.3, -0.25) is 0 Å². The van der Waals surface area contributed by atoms with Gasteiger partial charge in [-0.15, -0.1) is 0 Å². The van der Waals surface area contributed by atoms with Gasteiger partial charge in [0.2, 0.25) is 10.0 Å². The molecule has 0 saturated heterocycles. The van der Waals surface area contributed by atoms with Crippen LogP contribution in [0, 0.1) is 5.82 Å². The van der Waals surface area contributed by atoms with E-state index in [1.807, 2.05) is 0 Å². The zero-order valence-corrected chi connectivity index (χ0v) is 13.3. The van der Waals surface area contributed by atoms with Crippen molar-refractivity contribution in [1.29, 1.82) is 0 Å². The SMILES string of the molecule is CC(NS(=O)(=O)c1ccccc1F)c1ccc(Cl)c(Cl)c1. The molecule has 112 valence electrons. The third-order valence-corrected chi connectivity index (χ3v) is 5.21. The van der Waals surface area contributed by atoms with Crippen LogP contribution in [0.15, 0.2) is 47.4 Å². The molecule has 2 aromatic carbocycles. The van der Waals surface area contributed by atoms with Crippen molar-refractivity contribution in [2.75, 3.05) is 0 Å². The molecule has 2 aromatic rings. The first-order chi connectivity index (χ1) is 9.81.